The fraction of sp³-hybridized carbons (Fsp3) is 0.400. The molecule has 1 aromatic heterocycles. The van der Waals surface area contributed by atoms with Crippen molar-refractivity contribution in [2.75, 3.05) is 6.54 Å². The van der Waals surface area contributed by atoms with E-state index in [1.807, 2.05) is 18.2 Å². The first-order valence-corrected chi connectivity index (χ1v) is 8.78. The monoisotopic (exact) mass is 339 g/mol. The van der Waals surface area contributed by atoms with Crippen LogP contribution in [0.2, 0.25) is 0 Å². The van der Waals surface area contributed by atoms with E-state index in [0.29, 0.717) is 19.4 Å². The summed E-state index contributed by atoms with van der Waals surface area (Å²) < 4.78 is 5.72. The molecule has 3 rings (SSSR count). The van der Waals surface area contributed by atoms with Gasteiger partial charge in [0.15, 0.2) is 0 Å². The summed E-state index contributed by atoms with van der Waals surface area (Å²) in [5, 5.41) is 3.12. The van der Waals surface area contributed by atoms with Crippen LogP contribution in [0.25, 0.3) is 0 Å². The van der Waals surface area contributed by atoms with Gasteiger partial charge in [-0.15, -0.1) is 0 Å². The Kier molecular flexibility index (Phi) is 5.79. The Hall–Kier alpha value is -2.24. The van der Waals surface area contributed by atoms with Crippen LogP contribution in [0.5, 0.6) is 0 Å². The Labute approximate surface area is 148 Å². The third kappa shape index (κ3) is 4.65. The quantitative estimate of drug-likeness (QED) is 0.846. The van der Waals surface area contributed by atoms with Crippen molar-refractivity contribution < 1.29 is 9.53 Å². The van der Waals surface area contributed by atoms with Gasteiger partial charge in [0.05, 0.1) is 17.8 Å². The van der Waals surface area contributed by atoms with Crippen LogP contribution in [0.3, 0.4) is 0 Å². The first kappa shape index (κ1) is 17.6. The van der Waals surface area contributed by atoms with E-state index in [-0.39, 0.29) is 18.1 Å². The summed E-state index contributed by atoms with van der Waals surface area (Å²) in [6, 6.07) is 13.9. The fourth-order valence-electron chi connectivity index (χ4n) is 3.11. The van der Waals surface area contributed by atoms with Gasteiger partial charge in [0.25, 0.3) is 0 Å². The molecule has 3 atom stereocenters. The molecule has 1 amide bonds. The lowest BCUT2D eigenvalue weighted by Crippen LogP contribution is -2.38. The number of nitrogens with one attached hydrogen (secondary N) is 1. The van der Waals surface area contributed by atoms with E-state index in [4.69, 9.17) is 10.5 Å². The second-order valence-corrected chi connectivity index (χ2v) is 6.57. The van der Waals surface area contributed by atoms with Gasteiger partial charge in [0.1, 0.15) is 6.10 Å². The first-order chi connectivity index (χ1) is 12.2. The third-order valence-electron chi connectivity index (χ3n) is 4.58. The molecule has 3 N–H and O–H groups in total. The SMILES string of the molecule is Cc1ccc(CC(NC(=O)[C@@H]2CC[C@H](CN)O2)c2ccccn2)cc1. The van der Waals surface area contributed by atoms with E-state index in [1.165, 1.54) is 5.56 Å². The van der Waals surface area contributed by atoms with Gasteiger partial charge in [-0.1, -0.05) is 35.9 Å². The van der Waals surface area contributed by atoms with Crippen molar-refractivity contribution in [2.45, 2.75) is 44.4 Å². The summed E-state index contributed by atoms with van der Waals surface area (Å²) in [4.78, 5) is 17.1. The van der Waals surface area contributed by atoms with E-state index in [0.717, 1.165) is 17.7 Å². The molecule has 0 saturated carbocycles. The number of aryl methyl sites for hydroxylation is 1. The lowest BCUT2D eigenvalue weighted by Gasteiger charge is -2.21. The summed E-state index contributed by atoms with van der Waals surface area (Å²) in [6.07, 6.45) is 3.56. The van der Waals surface area contributed by atoms with Gasteiger partial charge in [0, 0.05) is 12.7 Å². The number of carbonyl (C=O) groups excluding carboxylic acids is 1. The molecule has 0 aliphatic carbocycles. The molecule has 2 heterocycles. The number of hydrogen-bond donors (Lipinski definition) is 2. The predicted octanol–water partition coefficient (Wildman–Crippen LogP) is 2.30. The predicted molar refractivity (Wildman–Crippen MR) is 97.0 cm³/mol. The molecule has 0 radical (unpaired) electrons. The maximum atomic E-state index is 12.6. The zero-order valence-corrected chi connectivity index (χ0v) is 14.5. The molecule has 25 heavy (non-hydrogen) atoms. The number of hydrogen-bond acceptors (Lipinski definition) is 4. The third-order valence-corrected chi connectivity index (χ3v) is 4.58. The van der Waals surface area contributed by atoms with Crippen LogP contribution in [0, 0.1) is 6.92 Å². The average Bonchev–Trinajstić information content (AvgIpc) is 3.13. The van der Waals surface area contributed by atoms with Gasteiger partial charge in [-0.05, 0) is 43.9 Å². The summed E-state index contributed by atoms with van der Waals surface area (Å²) in [6.45, 7) is 2.52. The van der Waals surface area contributed by atoms with Crippen molar-refractivity contribution in [2.24, 2.45) is 5.73 Å². The normalized spacial score (nSPS) is 21.0. The van der Waals surface area contributed by atoms with Crippen LogP contribution < -0.4 is 11.1 Å². The number of rotatable bonds is 6. The molecule has 1 saturated heterocycles. The van der Waals surface area contributed by atoms with Crippen molar-refractivity contribution in [3.05, 3.63) is 65.5 Å². The minimum Gasteiger partial charge on any atom is -0.364 e. The van der Waals surface area contributed by atoms with Crippen molar-refractivity contribution in [3.63, 3.8) is 0 Å². The number of aromatic nitrogens is 1. The van der Waals surface area contributed by atoms with Crippen molar-refractivity contribution in [3.8, 4) is 0 Å². The van der Waals surface area contributed by atoms with Crippen LogP contribution in [-0.4, -0.2) is 29.6 Å². The molecule has 2 aromatic rings. The van der Waals surface area contributed by atoms with Gasteiger partial charge >= 0.3 is 0 Å². The number of ether oxygens (including phenoxy) is 1. The van der Waals surface area contributed by atoms with Crippen LogP contribution in [0.1, 0.15) is 35.7 Å². The minimum atomic E-state index is -0.419. The zero-order valence-electron chi connectivity index (χ0n) is 14.5. The Morgan fingerprint density at radius 1 is 1.28 bits per heavy atom. The van der Waals surface area contributed by atoms with Gasteiger partial charge in [-0.3, -0.25) is 9.78 Å². The van der Waals surface area contributed by atoms with Crippen molar-refractivity contribution in [1.82, 2.24) is 10.3 Å². The van der Waals surface area contributed by atoms with E-state index in [1.54, 1.807) is 6.20 Å². The van der Waals surface area contributed by atoms with Gasteiger partial charge in [0.2, 0.25) is 5.91 Å². The van der Waals surface area contributed by atoms with E-state index in [2.05, 4.69) is 41.5 Å². The Morgan fingerprint density at radius 2 is 2.08 bits per heavy atom. The standard InChI is InChI=1S/C20H25N3O2/c1-14-5-7-15(8-6-14)12-18(17-4-2-3-11-22-17)23-20(24)19-10-9-16(13-21)25-19/h2-8,11,16,18-19H,9-10,12-13,21H2,1H3,(H,23,24)/t16-,18?,19+/m1/s1. The number of benzene rings is 1. The van der Waals surface area contributed by atoms with Crippen molar-refractivity contribution in [1.29, 1.82) is 0 Å². The minimum absolute atomic E-state index is 0.0128. The summed E-state index contributed by atoms with van der Waals surface area (Å²) in [5.74, 6) is -0.0845. The lowest BCUT2D eigenvalue weighted by atomic mass is 10.0. The largest absolute Gasteiger partial charge is 0.364 e. The highest BCUT2D eigenvalue weighted by Gasteiger charge is 2.31. The molecule has 1 unspecified atom stereocenters. The number of carbonyl (C=O) groups is 1. The first-order valence-electron chi connectivity index (χ1n) is 8.78. The summed E-state index contributed by atoms with van der Waals surface area (Å²) in [7, 11) is 0. The molecule has 132 valence electrons. The van der Waals surface area contributed by atoms with Gasteiger partial charge < -0.3 is 15.8 Å². The number of nitrogens with zero attached hydrogens (tertiary/aromatic N) is 1. The Bertz CT molecular complexity index is 688. The molecule has 5 heteroatoms. The van der Waals surface area contributed by atoms with Crippen molar-refractivity contribution >= 4 is 5.91 Å². The fourth-order valence-corrected chi connectivity index (χ4v) is 3.11. The van der Waals surface area contributed by atoms with Crippen LogP contribution in [-0.2, 0) is 16.0 Å². The highest BCUT2D eigenvalue weighted by molar-refractivity contribution is 5.81. The summed E-state index contributed by atoms with van der Waals surface area (Å²) in [5.41, 5.74) is 8.87. The molecule has 1 aromatic carbocycles. The van der Waals surface area contributed by atoms with Crippen LogP contribution >= 0.6 is 0 Å². The van der Waals surface area contributed by atoms with E-state index < -0.39 is 6.10 Å². The second-order valence-electron chi connectivity index (χ2n) is 6.57. The number of pyridine rings is 1. The van der Waals surface area contributed by atoms with E-state index >= 15 is 0 Å². The molecule has 1 fully saturated rings. The highest BCUT2D eigenvalue weighted by Crippen LogP contribution is 2.22. The molecule has 0 spiro atoms. The zero-order chi connectivity index (χ0) is 17.6. The molecule has 5 nitrogen and oxygen atoms in total. The molecule has 1 aliphatic rings. The Balaban J connectivity index is 1.72. The molecule has 0 bridgehead atoms. The molecular formula is C20H25N3O2. The number of amides is 1. The topological polar surface area (TPSA) is 77.2 Å². The van der Waals surface area contributed by atoms with Crippen LogP contribution in [0.15, 0.2) is 48.7 Å². The average molecular weight is 339 g/mol. The van der Waals surface area contributed by atoms with Crippen LogP contribution in [0.4, 0.5) is 0 Å². The maximum absolute atomic E-state index is 12.6. The lowest BCUT2D eigenvalue weighted by molar-refractivity contribution is -0.132. The van der Waals surface area contributed by atoms with Gasteiger partial charge in [-0.2, -0.15) is 0 Å². The summed E-state index contributed by atoms with van der Waals surface area (Å²) >= 11 is 0. The smallest absolute Gasteiger partial charge is 0.249 e. The molecule has 1 aliphatic heterocycles. The van der Waals surface area contributed by atoms with Gasteiger partial charge in [-0.25, -0.2) is 0 Å². The maximum Gasteiger partial charge on any atom is 0.249 e. The Morgan fingerprint density at radius 3 is 2.72 bits per heavy atom. The number of nitrogens with two attached hydrogens (primary N) is 1. The second kappa shape index (κ2) is 8.23. The highest BCUT2D eigenvalue weighted by atomic mass is 16.5. The molecular weight excluding hydrogens is 314 g/mol. The van der Waals surface area contributed by atoms with E-state index in [9.17, 15) is 4.79 Å².